The molecule has 6 nitrogen and oxygen atoms in total. The van der Waals surface area contributed by atoms with Crippen molar-refractivity contribution in [2.75, 3.05) is 18.1 Å². The molecule has 2 heterocycles. The van der Waals surface area contributed by atoms with Gasteiger partial charge in [-0.05, 0) is 37.3 Å². The number of alkyl halides is 3. The molecule has 1 aromatic heterocycles. The van der Waals surface area contributed by atoms with E-state index in [4.69, 9.17) is 21.3 Å². The van der Waals surface area contributed by atoms with Gasteiger partial charge < -0.3 is 19.2 Å². The Balaban J connectivity index is 1.69. The fourth-order valence-corrected chi connectivity index (χ4v) is 2.93. The van der Waals surface area contributed by atoms with Gasteiger partial charge in [-0.3, -0.25) is 0 Å². The number of hydrogen-bond donors (Lipinski definition) is 0. The first-order valence-corrected chi connectivity index (χ1v) is 8.31. The van der Waals surface area contributed by atoms with Crippen molar-refractivity contribution in [2.24, 2.45) is 0 Å². The van der Waals surface area contributed by atoms with E-state index in [2.05, 4.69) is 9.83 Å². The van der Waals surface area contributed by atoms with E-state index in [0.717, 1.165) is 6.07 Å². The molecule has 0 radical (unpaired) electrons. The number of pyridine rings is 1. The van der Waals surface area contributed by atoms with Crippen LogP contribution in [0.25, 0.3) is 4.85 Å². The first-order chi connectivity index (χ1) is 13.3. The van der Waals surface area contributed by atoms with E-state index in [1.54, 1.807) is 24.0 Å². The molecule has 0 amide bonds. The van der Waals surface area contributed by atoms with Crippen molar-refractivity contribution >= 4 is 11.5 Å². The van der Waals surface area contributed by atoms with Gasteiger partial charge in [-0.1, -0.05) is 6.57 Å². The molecule has 0 N–H and O–H groups in total. The third kappa shape index (κ3) is 4.16. The predicted molar refractivity (Wildman–Crippen MR) is 93.8 cm³/mol. The monoisotopic (exact) mass is 388 g/mol. The maximum absolute atomic E-state index is 13.2. The number of nitrogens with zero attached hydrogens (tertiary/aromatic N) is 4. The van der Waals surface area contributed by atoms with E-state index in [1.165, 1.54) is 24.4 Å². The normalized spacial score (nSPS) is 19.1. The Hall–Kier alpha value is -3.30. The van der Waals surface area contributed by atoms with E-state index in [9.17, 15) is 13.2 Å². The molecule has 1 aliphatic heterocycles. The van der Waals surface area contributed by atoms with E-state index >= 15 is 0 Å². The number of anilines is 1. The largest absolute Gasteiger partial charge is 0.487 e. The molecule has 0 saturated carbocycles. The van der Waals surface area contributed by atoms with E-state index < -0.39 is 23.5 Å². The summed E-state index contributed by atoms with van der Waals surface area (Å²) in [6.07, 6.45) is -4.00. The molecule has 1 saturated heterocycles. The van der Waals surface area contributed by atoms with Gasteiger partial charge >= 0.3 is 6.18 Å². The topological polar surface area (TPSA) is 62.7 Å². The van der Waals surface area contributed by atoms with Crippen LogP contribution in [0.3, 0.4) is 0 Å². The second-order valence-corrected chi connectivity index (χ2v) is 6.12. The zero-order chi connectivity index (χ0) is 20.3. The molecule has 1 fully saturated rings. The van der Waals surface area contributed by atoms with Crippen molar-refractivity contribution in [3.63, 3.8) is 0 Å². The van der Waals surface area contributed by atoms with Gasteiger partial charge in [-0.15, -0.1) is 4.98 Å². The maximum atomic E-state index is 13.2. The van der Waals surface area contributed by atoms with Gasteiger partial charge in [0.2, 0.25) is 0 Å². The molecule has 1 aliphatic rings. The van der Waals surface area contributed by atoms with Crippen LogP contribution in [-0.4, -0.2) is 30.5 Å². The van der Waals surface area contributed by atoms with Gasteiger partial charge in [0.1, 0.15) is 18.9 Å². The summed E-state index contributed by atoms with van der Waals surface area (Å²) in [5, 5.41) is 8.92. The smallest absolute Gasteiger partial charge is 0.417 e. The van der Waals surface area contributed by atoms with Gasteiger partial charge in [-0.2, -0.15) is 18.4 Å². The van der Waals surface area contributed by atoms with Crippen LogP contribution in [0.5, 0.6) is 5.75 Å². The third-order valence-electron chi connectivity index (χ3n) is 4.26. The Morgan fingerprint density at radius 3 is 2.79 bits per heavy atom. The first kappa shape index (κ1) is 19.5. The summed E-state index contributed by atoms with van der Waals surface area (Å²) in [6.45, 7) is 9.11. The van der Waals surface area contributed by atoms with Crippen LogP contribution in [-0.2, 0) is 10.9 Å². The van der Waals surface area contributed by atoms with Gasteiger partial charge in [0, 0.05) is 5.69 Å². The van der Waals surface area contributed by atoms with Gasteiger partial charge in [0.25, 0.3) is 5.82 Å². The van der Waals surface area contributed by atoms with Crippen LogP contribution in [0, 0.1) is 17.9 Å². The van der Waals surface area contributed by atoms with Crippen LogP contribution < -0.4 is 9.64 Å². The number of hydrogen-bond acceptors (Lipinski definition) is 5. The number of ether oxygens (including phenoxy) is 2. The van der Waals surface area contributed by atoms with E-state index in [-0.39, 0.29) is 18.5 Å². The molecule has 28 heavy (non-hydrogen) atoms. The van der Waals surface area contributed by atoms with Crippen LogP contribution in [0.4, 0.5) is 24.7 Å². The van der Waals surface area contributed by atoms with Crippen molar-refractivity contribution in [1.29, 1.82) is 5.26 Å². The highest BCUT2D eigenvalue weighted by molar-refractivity contribution is 5.55. The molecular weight excluding hydrogens is 373 g/mol. The standard InChI is InChI=1S/C19H15F3N4O2/c1-12-26(14-4-3-13(8-23)17(7-14)19(20,21)22)10-16(28-12)11-27-15-5-6-18(24-2)25-9-15/h3-7,9,12,16H,10-11H2,1H3/t12-,16+/m1/s1. The molecule has 0 spiro atoms. The van der Waals surface area contributed by atoms with Crippen molar-refractivity contribution in [1.82, 2.24) is 4.98 Å². The summed E-state index contributed by atoms with van der Waals surface area (Å²) in [7, 11) is 0. The minimum absolute atomic E-state index is 0.183. The predicted octanol–water partition coefficient (Wildman–Crippen LogP) is 4.15. The summed E-state index contributed by atoms with van der Waals surface area (Å²) in [5.41, 5.74) is -1.06. The highest BCUT2D eigenvalue weighted by Crippen LogP contribution is 2.36. The number of benzene rings is 1. The van der Waals surface area contributed by atoms with Crippen molar-refractivity contribution in [2.45, 2.75) is 25.4 Å². The van der Waals surface area contributed by atoms with E-state index in [1.807, 2.05) is 0 Å². The SMILES string of the molecule is [C-]#[N+]c1ccc(OC[C@@H]2CN(c3ccc(C#N)c(C(F)(F)F)c3)[C@@H](C)O2)cn1. The lowest BCUT2D eigenvalue weighted by molar-refractivity contribution is -0.137. The fraction of sp³-hybridized carbons (Fsp3) is 0.316. The first-order valence-electron chi connectivity index (χ1n) is 8.31. The minimum Gasteiger partial charge on any atom is -0.487 e. The second kappa shape index (κ2) is 7.75. The fourth-order valence-electron chi connectivity index (χ4n) is 2.93. The molecule has 0 aliphatic carbocycles. The highest BCUT2D eigenvalue weighted by atomic mass is 19.4. The van der Waals surface area contributed by atoms with Gasteiger partial charge in [0.15, 0.2) is 11.9 Å². The lowest BCUT2D eigenvalue weighted by Gasteiger charge is -2.23. The Labute approximate surface area is 159 Å². The molecule has 1 aromatic carbocycles. The molecule has 0 bridgehead atoms. The highest BCUT2D eigenvalue weighted by Gasteiger charge is 2.36. The third-order valence-corrected chi connectivity index (χ3v) is 4.26. The van der Waals surface area contributed by atoms with Gasteiger partial charge in [0.05, 0.1) is 23.7 Å². The van der Waals surface area contributed by atoms with Gasteiger partial charge in [-0.25, -0.2) is 0 Å². The zero-order valence-electron chi connectivity index (χ0n) is 14.8. The van der Waals surface area contributed by atoms with Crippen molar-refractivity contribution < 1.29 is 22.6 Å². The molecule has 144 valence electrons. The summed E-state index contributed by atoms with van der Waals surface area (Å²) in [4.78, 5) is 8.78. The average molecular weight is 388 g/mol. The Morgan fingerprint density at radius 1 is 1.39 bits per heavy atom. The molecule has 2 aromatic rings. The average Bonchev–Trinajstić information content (AvgIpc) is 3.06. The lowest BCUT2D eigenvalue weighted by Crippen LogP contribution is -2.28. The zero-order valence-corrected chi connectivity index (χ0v) is 14.8. The lowest BCUT2D eigenvalue weighted by atomic mass is 10.1. The van der Waals surface area contributed by atoms with Crippen LogP contribution >= 0.6 is 0 Å². The molecule has 9 heteroatoms. The van der Waals surface area contributed by atoms with Crippen LogP contribution in [0.15, 0.2) is 36.5 Å². The maximum Gasteiger partial charge on any atom is 0.417 e. The summed E-state index contributed by atoms with van der Waals surface area (Å²) >= 11 is 0. The van der Waals surface area contributed by atoms with Crippen molar-refractivity contribution in [3.05, 3.63) is 59.1 Å². The van der Waals surface area contributed by atoms with E-state index in [0.29, 0.717) is 18.0 Å². The minimum atomic E-state index is -4.61. The molecular formula is C19H15F3N4O2. The number of aromatic nitrogens is 1. The summed E-state index contributed by atoms with van der Waals surface area (Å²) in [6, 6.07) is 8.33. The van der Waals surface area contributed by atoms with Crippen LogP contribution in [0.2, 0.25) is 0 Å². The van der Waals surface area contributed by atoms with Crippen LogP contribution in [0.1, 0.15) is 18.1 Å². The quantitative estimate of drug-likeness (QED) is 0.737. The number of halogens is 3. The second-order valence-electron chi connectivity index (χ2n) is 6.12. The summed E-state index contributed by atoms with van der Waals surface area (Å²) in [5.74, 6) is 0.727. The summed E-state index contributed by atoms with van der Waals surface area (Å²) < 4.78 is 50.9. The number of nitriles is 1. The Morgan fingerprint density at radius 2 is 2.18 bits per heavy atom. The molecule has 3 rings (SSSR count). The number of rotatable bonds is 4. The van der Waals surface area contributed by atoms with Crippen molar-refractivity contribution in [3.8, 4) is 11.8 Å². The molecule has 2 atom stereocenters. The Kier molecular flexibility index (Phi) is 5.39. The molecule has 0 unspecified atom stereocenters. The Bertz CT molecular complexity index is 932.